The van der Waals surface area contributed by atoms with Crippen molar-refractivity contribution >= 4 is 6.08 Å². The molecule has 0 bridgehead atoms. The summed E-state index contributed by atoms with van der Waals surface area (Å²) in [4.78, 5) is 9.72. The molecule has 2 aromatic carbocycles. The second-order valence-corrected chi connectivity index (χ2v) is 4.23. The van der Waals surface area contributed by atoms with Crippen molar-refractivity contribution in [1.82, 2.24) is 0 Å². The van der Waals surface area contributed by atoms with Crippen molar-refractivity contribution in [2.45, 2.75) is 6.61 Å². The minimum atomic E-state index is -0.511. The quantitative estimate of drug-likeness (QED) is 0.621. The minimum Gasteiger partial charge on any atom is -0.489 e. The van der Waals surface area contributed by atoms with Crippen molar-refractivity contribution in [3.63, 3.8) is 0 Å². The zero-order valence-corrected chi connectivity index (χ0v) is 11.1. The molecule has 2 rings (SSSR count). The zero-order valence-electron chi connectivity index (χ0n) is 11.1. The van der Waals surface area contributed by atoms with E-state index in [0.29, 0.717) is 17.9 Å². The molecule has 0 fully saturated rings. The van der Waals surface area contributed by atoms with Crippen LogP contribution in [0, 0.1) is 21.4 Å². The molecular weight excluding hydrogens is 268 g/mol. The Labute approximate surface area is 121 Å². The predicted molar refractivity (Wildman–Crippen MR) is 78.0 cm³/mol. The van der Waals surface area contributed by atoms with Gasteiger partial charge in [-0.15, -0.1) is 0 Å². The highest BCUT2D eigenvalue weighted by molar-refractivity contribution is 5.49. The highest BCUT2D eigenvalue weighted by atomic mass is 16.6. The summed E-state index contributed by atoms with van der Waals surface area (Å²) in [5.41, 5.74) is 2.12. The summed E-state index contributed by atoms with van der Waals surface area (Å²) in [6, 6.07) is 16.3. The second kappa shape index (κ2) is 6.87. The van der Waals surface area contributed by atoms with Gasteiger partial charge < -0.3 is 4.74 Å². The molecule has 2 aromatic rings. The molecule has 0 aromatic heterocycles. The summed E-state index contributed by atoms with van der Waals surface area (Å²) >= 11 is 0. The summed E-state index contributed by atoms with van der Waals surface area (Å²) in [6.07, 6.45) is 2.30. The van der Waals surface area contributed by atoms with Crippen molar-refractivity contribution < 1.29 is 9.66 Å². The molecule has 0 aliphatic rings. The van der Waals surface area contributed by atoms with Gasteiger partial charge in [0.25, 0.3) is 0 Å². The Morgan fingerprint density at radius 3 is 2.57 bits per heavy atom. The van der Waals surface area contributed by atoms with E-state index in [-0.39, 0.29) is 0 Å². The van der Waals surface area contributed by atoms with Crippen molar-refractivity contribution in [2.75, 3.05) is 0 Å². The average Bonchev–Trinajstić information content (AvgIpc) is 2.52. The number of benzene rings is 2. The predicted octanol–water partition coefficient (Wildman–Crippen LogP) is 3.38. The number of ether oxygens (including phenoxy) is 1. The maximum Gasteiger partial charge on any atom is 0.235 e. The molecular formula is C16H12N2O3. The first-order valence-electron chi connectivity index (χ1n) is 6.21. The van der Waals surface area contributed by atoms with Crippen LogP contribution >= 0.6 is 0 Å². The zero-order chi connectivity index (χ0) is 15.1. The number of nitro groups is 1. The summed E-state index contributed by atoms with van der Waals surface area (Å²) in [5.74, 6) is 0.640. The van der Waals surface area contributed by atoms with Crippen LogP contribution in [0.4, 0.5) is 0 Å². The van der Waals surface area contributed by atoms with Gasteiger partial charge in [-0.3, -0.25) is 10.1 Å². The van der Waals surface area contributed by atoms with Gasteiger partial charge in [-0.25, -0.2) is 0 Å². The number of hydrogen-bond donors (Lipinski definition) is 0. The highest BCUT2D eigenvalue weighted by Gasteiger charge is 2.02. The van der Waals surface area contributed by atoms with Crippen molar-refractivity contribution in [2.24, 2.45) is 0 Å². The molecule has 5 heteroatoms. The largest absolute Gasteiger partial charge is 0.489 e. The van der Waals surface area contributed by atoms with Gasteiger partial charge >= 0.3 is 0 Å². The van der Waals surface area contributed by atoms with Crippen LogP contribution < -0.4 is 4.74 Å². The van der Waals surface area contributed by atoms with Crippen LogP contribution in [0.25, 0.3) is 6.08 Å². The van der Waals surface area contributed by atoms with E-state index in [4.69, 9.17) is 10.00 Å². The van der Waals surface area contributed by atoms with Gasteiger partial charge in [0.2, 0.25) is 6.20 Å². The maximum absolute atomic E-state index is 10.2. The summed E-state index contributed by atoms with van der Waals surface area (Å²) in [7, 11) is 0. The normalized spacial score (nSPS) is 10.2. The number of hydrogen-bond acceptors (Lipinski definition) is 4. The van der Waals surface area contributed by atoms with Crippen molar-refractivity contribution in [1.29, 1.82) is 5.26 Å². The summed E-state index contributed by atoms with van der Waals surface area (Å²) < 4.78 is 5.61. The number of nitrogens with zero attached hydrogens (tertiary/aromatic N) is 2. The Hall–Kier alpha value is -3.13. The fourth-order valence-electron chi connectivity index (χ4n) is 1.74. The van der Waals surface area contributed by atoms with E-state index < -0.39 is 4.92 Å². The second-order valence-electron chi connectivity index (χ2n) is 4.23. The van der Waals surface area contributed by atoms with E-state index in [2.05, 4.69) is 6.07 Å². The third-order valence-corrected chi connectivity index (χ3v) is 2.80. The lowest BCUT2D eigenvalue weighted by Crippen LogP contribution is -1.97. The summed E-state index contributed by atoms with van der Waals surface area (Å²) in [5, 5.41) is 19.2. The average molecular weight is 280 g/mol. The third-order valence-electron chi connectivity index (χ3n) is 2.80. The van der Waals surface area contributed by atoms with Crippen molar-refractivity contribution in [3.8, 4) is 11.8 Å². The van der Waals surface area contributed by atoms with E-state index in [9.17, 15) is 10.1 Å². The molecule has 0 radical (unpaired) electrons. The van der Waals surface area contributed by atoms with Crippen LogP contribution in [0.3, 0.4) is 0 Å². The molecule has 0 aliphatic carbocycles. The van der Waals surface area contributed by atoms with Crippen LogP contribution in [0.2, 0.25) is 0 Å². The molecule has 0 N–H and O–H groups in total. The highest BCUT2D eigenvalue weighted by Crippen LogP contribution is 2.16. The molecule has 0 spiro atoms. The molecule has 104 valence electrons. The molecule has 5 nitrogen and oxygen atoms in total. The minimum absolute atomic E-state index is 0.299. The lowest BCUT2D eigenvalue weighted by Gasteiger charge is -2.07. The van der Waals surface area contributed by atoms with Gasteiger partial charge in [0.1, 0.15) is 12.4 Å². The van der Waals surface area contributed by atoms with E-state index in [0.717, 1.165) is 17.3 Å². The Morgan fingerprint density at radius 1 is 1.19 bits per heavy atom. The van der Waals surface area contributed by atoms with Gasteiger partial charge in [-0.05, 0) is 23.8 Å². The van der Waals surface area contributed by atoms with Crippen LogP contribution in [-0.4, -0.2) is 4.92 Å². The van der Waals surface area contributed by atoms with Crippen LogP contribution in [0.15, 0.2) is 54.7 Å². The standard InChI is InChI=1S/C16H12N2O3/c17-11-14-3-1-2-4-15(14)12-21-16-7-5-13(6-8-16)9-10-18(19)20/h1-10H,12H2/b10-9+. The Kier molecular flexibility index (Phi) is 4.67. The van der Waals surface area contributed by atoms with Gasteiger partial charge in [0, 0.05) is 11.6 Å². The molecule has 0 amide bonds. The molecule has 0 atom stereocenters. The van der Waals surface area contributed by atoms with E-state index in [1.165, 1.54) is 6.08 Å². The lowest BCUT2D eigenvalue weighted by molar-refractivity contribution is -0.400. The van der Waals surface area contributed by atoms with Crippen LogP contribution in [-0.2, 0) is 6.61 Å². The fourth-order valence-corrected chi connectivity index (χ4v) is 1.74. The van der Waals surface area contributed by atoms with E-state index in [1.54, 1.807) is 36.4 Å². The molecule has 21 heavy (non-hydrogen) atoms. The van der Waals surface area contributed by atoms with Crippen LogP contribution in [0.1, 0.15) is 16.7 Å². The molecule has 0 unspecified atom stereocenters. The lowest BCUT2D eigenvalue weighted by atomic mass is 10.1. The Bertz CT molecular complexity index is 700. The maximum atomic E-state index is 10.2. The fraction of sp³-hybridized carbons (Fsp3) is 0.0625. The van der Waals surface area contributed by atoms with E-state index in [1.807, 2.05) is 12.1 Å². The first kappa shape index (κ1) is 14.3. The van der Waals surface area contributed by atoms with E-state index >= 15 is 0 Å². The molecule has 0 saturated heterocycles. The van der Waals surface area contributed by atoms with Crippen LogP contribution in [0.5, 0.6) is 5.75 Å². The van der Waals surface area contributed by atoms with Gasteiger partial charge in [-0.1, -0.05) is 30.3 Å². The molecule has 0 aliphatic heterocycles. The molecule has 0 saturated carbocycles. The smallest absolute Gasteiger partial charge is 0.235 e. The topological polar surface area (TPSA) is 76.2 Å². The van der Waals surface area contributed by atoms with Crippen molar-refractivity contribution in [3.05, 3.63) is 81.5 Å². The SMILES string of the molecule is N#Cc1ccccc1COc1ccc(/C=C/[N+](=O)[O-])cc1. The van der Waals surface area contributed by atoms with Gasteiger partial charge in [0.05, 0.1) is 16.6 Å². The monoisotopic (exact) mass is 280 g/mol. The number of rotatable bonds is 5. The third kappa shape index (κ3) is 4.18. The first-order chi connectivity index (χ1) is 10.2. The Balaban J connectivity index is 2.01. The van der Waals surface area contributed by atoms with Gasteiger partial charge in [0.15, 0.2) is 0 Å². The molecule has 0 heterocycles. The van der Waals surface area contributed by atoms with Gasteiger partial charge in [-0.2, -0.15) is 5.26 Å². The first-order valence-corrected chi connectivity index (χ1v) is 6.21. The summed E-state index contributed by atoms with van der Waals surface area (Å²) in [6.45, 7) is 0.299. The number of nitriles is 1. The Morgan fingerprint density at radius 2 is 1.90 bits per heavy atom.